The summed E-state index contributed by atoms with van der Waals surface area (Å²) >= 11 is 0. The monoisotopic (exact) mass is 490 g/mol. The zero-order chi connectivity index (χ0) is 25.6. The van der Waals surface area contributed by atoms with E-state index in [1.165, 1.54) is 11.1 Å². The van der Waals surface area contributed by atoms with Gasteiger partial charge in [-0.3, -0.25) is 0 Å². The van der Waals surface area contributed by atoms with Crippen LogP contribution in [0.3, 0.4) is 0 Å². The molecule has 2 nitrogen and oxygen atoms in total. The van der Waals surface area contributed by atoms with Crippen LogP contribution in [0.1, 0.15) is 0 Å². The van der Waals surface area contributed by atoms with Crippen molar-refractivity contribution < 1.29 is 9.47 Å². The highest BCUT2D eigenvalue weighted by atomic mass is 16.5. The van der Waals surface area contributed by atoms with Gasteiger partial charge in [-0.05, 0) is 76.3 Å². The highest BCUT2D eigenvalue weighted by molar-refractivity contribution is 5.74. The van der Waals surface area contributed by atoms with Crippen molar-refractivity contribution in [3.8, 4) is 56.4 Å². The molecule has 0 bridgehead atoms. The van der Waals surface area contributed by atoms with Crippen LogP contribution in [-0.4, -0.2) is 0 Å². The Labute approximate surface area is 223 Å². The lowest BCUT2D eigenvalue weighted by Crippen LogP contribution is -1.89. The van der Waals surface area contributed by atoms with Crippen molar-refractivity contribution in [1.82, 2.24) is 0 Å². The number of para-hydroxylation sites is 2. The molecule has 0 aromatic heterocycles. The fraction of sp³-hybridized carbons (Fsp3) is 0. The number of rotatable bonds is 7. The minimum absolute atomic E-state index is 0.771. The molecule has 0 N–H and O–H groups in total. The van der Waals surface area contributed by atoms with Crippen LogP contribution in [0, 0.1) is 0 Å². The molecule has 0 aliphatic rings. The summed E-state index contributed by atoms with van der Waals surface area (Å²) in [7, 11) is 0. The summed E-state index contributed by atoms with van der Waals surface area (Å²) in [6.07, 6.45) is 0. The van der Waals surface area contributed by atoms with Gasteiger partial charge in [0, 0.05) is 5.56 Å². The molecule has 0 heterocycles. The van der Waals surface area contributed by atoms with E-state index in [9.17, 15) is 0 Å². The maximum Gasteiger partial charge on any atom is 0.135 e. The second kappa shape index (κ2) is 10.9. The predicted octanol–water partition coefficient (Wildman–Crippen LogP) is 10.3. The molecule has 0 saturated carbocycles. The van der Waals surface area contributed by atoms with Crippen LogP contribution in [-0.2, 0) is 0 Å². The maximum absolute atomic E-state index is 6.33. The Morgan fingerprint density at radius 3 is 1.50 bits per heavy atom. The van der Waals surface area contributed by atoms with Gasteiger partial charge in [0.05, 0.1) is 0 Å². The number of hydrogen-bond donors (Lipinski definition) is 0. The summed E-state index contributed by atoms with van der Waals surface area (Å²) in [6, 6.07) is 53.3. The van der Waals surface area contributed by atoms with Crippen LogP contribution >= 0.6 is 0 Å². The van der Waals surface area contributed by atoms with Crippen LogP contribution < -0.4 is 9.47 Å². The topological polar surface area (TPSA) is 18.5 Å². The molecule has 6 aromatic rings. The molecule has 0 fully saturated rings. The fourth-order valence-corrected chi connectivity index (χ4v) is 4.52. The number of benzene rings is 6. The van der Waals surface area contributed by atoms with E-state index in [0.717, 1.165) is 45.3 Å². The van der Waals surface area contributed by atoms with Gasteiger partial charge < -0.3 is 9.47 Å². The maximum atomic E-state index is 6.33. The minimum atomic E-state index is 0.771. The normalized spacial score (nSPS) is 10.6. The number of hydrogen-bond acceptors (Lipinski definition) is 2. The smallest absolute Gasteiger partial charge is 0.135 e. The van der Waals surface area contributed by atoms with Gasteiger partial charge in [-0.2, -0.15) is 0 Å². The van der Waals surface area contributed by atoms with Crippen molar-refractivity contribution in [2.75, 3.05) is 0 Å². The van der Waals surface area contributed by atoms with E-state index in [2.05, 4.69) is 78.9 Å². The Balaban J connectivity index is 1.26. The SMILES string of the molecule is c1ccc(Oc2ccccc2-c2cccc(Oc3cccc(-c4cccc(-c5ccccc5)c4)c3)c2)cc1. The van der Waals surface area contributed by atoms with Gasteiger partial charge in [0.25, 0.3) is 0 Å². The van der Waals surface area contributed by atoms with E-state index in [1.807, 2.05) is 78.9 Å². The van der Waals surface area contributed by atoms with Crippen molar-refractivity contribution >= 4 is 0 Å². The minimum Gasteiger partial charge on any atom is -0.457 e. The molecule has 0 radical (unpaired) electrons. The Morgan fingerprint density at radius 1 is 0.289 bits per heavy atom. The third kappa shape index (κ3) is 5.35. The average molecular weight is 491 g/mol. The molecule has 182 valence electrons. The van der Waals surface area contributed by atoms with Gasteiger partial charge in [-0.15, -0.1) is 0 Å². The van der Waals surface area contributed by atoms with Crippen molar-refractivity contribution in [2.45, 2.75) is 0 Å². The largest absolute Gasteiger partial charge is 0.457 e. The Bertz CT molecular complexity index is 1660. The first kappa shape index (κ1) is 23.3. The van der Waals surface area contributed by atoms with E-state index in [-0.39, 0.29) is 0 Å². The summed E-state index contributed by atoms with van der Waals surface area (Å²) in [5.41, 5.74) is 6.69. The lowest BCUT2D eigenvalue weighted by molar-refractivity contribution is 0.481. The van der Waals surface area contributed by atoms with Gasteiger partial charge in [0.1, 0.15) is 23.0 Å². The van der Waals surface area contributed by atoms with Crippen LogP contribution in [0.4, 0.5) is 0 Å². The second-order valence-electron chi connectivity index (χ2n) is 9.02. The Kier molecular flexibility index (Phi) is 6.69. The molecule has 6 rings (SSSR count). The molecule has 0 atom stereocenters. The first-order valence-corrected chi connectivity index (χ1v) is 12.7. The summed E-state index contributed by atoms with van der Waals surface area (Å²) < 4.78 is 12.5. The standard InChI is InChI=1S/C36H26O2/c1-3-12-27(13-4-1)28-14-9-15-29(24-28)30-16-10-20-33(25-30)37-34-21-11-17-31(26-34)35-22-7-8-23-36(35)38-32-18-5-2-6-19-32/h1-26H. The van der Waals surface area contributed by atoms with Crippen molar-refractivity contribution in [1.29, 1.82) is 0 Å². The molecule has 0 unspecified atom stereocenters. The molecule has 0 aliphatic carbocycles. The van der Waals surface area contributed by atoms with Gasteiger partial charge >= 0.3 is 0 Å². The van der Waals surface area contributed by atoms with Crippen LogP contribution in [0.5, 0.6) is 23.0 Å². The lowest BCUT2D eigenvalue weighted by atomic mass is 9.99. The predicted molar refractivity (Wildman–Crippen MR) is 156 cm³/mol. The molecule has 0 saturated heterocycles. The summed E-state index contributed by atoms with van der Waals surface area (Å²) in [5, 5.41) is 0. The van der Waals surface area contributed by atoms with E-state index in [0.29, 0.717) is 0 Å². The zero-order valence-electron chi connectivity index (χ0n) is 20.8. The molecule has 0 spiro atoms. The molecule has 38 heavy (non-hydrogen) atoms. The summed E-state index contributed by atoms with van der Waals surface area (Å²) in [4.78, 5) is 0. The number of ether oxygens (including phenoxy) is 2. The van der Waals surface area contributed by atoms with E-state index in [1.54, 1.807) is 0 Å². The van der Waals surface area contributed by atoms with E-state index in [4.69, 9.17) is 9.47 Å². The summed E-state index contributed by atoms with van der Waals surface area (Å²) in [5.74, 6) is 3.17. The molecule has 0 aliphatic heterocycles. The molecule has 2 heteroatoms. The first-order chi connectivity index (χ1) is 18.8. The molecular weight excluding hydrogens is 464 g/mol. The van der Waals surface area contributed by atoms with E-state index >= 15 is 0 Å². The van der Waals surface area contributed by atoms with E-state index < -0.39 is 0 Å². The quantitative estimate of drug-likeness (QED) is 0.222. The molecular formula is C36H26O2. The van der Waals surface area contributed by atoms with Crippen LogP contribution in [0.15, 0.2) is 158 Å². The summed E-state index contributed by atoms with van der Waals surface area (Å²) in [6.45, 7) is 0. The molecule has 6 aromatic carbocycles. The average Bonchev–Trinajstić information content (AvgIpc) is 2.99. The van der Waals surface area contributed by atoms with Crippen LogP contribution in [0.25, 0.3) is 33.4 Å². The van der Waals surface area contributed by atoms with Crippen molar-refractivity contribution in [3.63, 3.8) is 0 Å². The second-order valence-corrected chi connectivity index (χ2v) is 9.02. The first-order valence-electron chi connectivity index (χ1n) is 12.7. The Hall–Kier alpha value is -5.08. The van der Waals surface area contributed by atoms with Gasteiger partial charge in [0.2, 0.25) is 0 Å². The highest BCUT2D eigenvalue weighted by Crippen LogP contribution is 2.36. The zero-order valence-corrected chi connectivity index (χ0v) is 20.8. The fourth-order valence-electron chi connectivity index (χ4n) is 4.52. The van der Waals surface area contributed by atoms with Crippen molar-refractivity contribution in [2.24, 2.45) is 0 Å². The lowest BCUT2D eigenvalue weighted by Gasteiger charge is -2.13. The van der Waals surface area contributed by atoms with Crippen LogP contribution in [0.2, 0.25) is 0 Å². The third-order valence-electron chi connectivity index (χ3n) is 6.38. The third-order valence-corrected chi connectivity index (χ3v) is 6.38. The van der Waals surface area contributed by atoms with Gasteiger partial charge in [0.15, 0.2) is 0 Å². The highest BCUT2D eigenvalue weighted by Gasteiger charge is 2.09. The van der Waals surface area contributed by atoms with Gasteiger partial charge in [-0.25, -0.2) is 0 Å². The Morgan fingerprint density at radius 2 is 0.763 bits per heavy atom. The van der Waals surface area contributed by atoms with Gasteiger partial charge in [-0.1, -0.05) is 109 Å². The van der Waals surface area contributed by atoms with Crippen molar-refractivity contribution in [3.05, 3.63) is 158 Å². The molecule has 0 amide bonds.